The molecule has 3 heteroatoms. The summed E-state index contributed by atoms with van der Waals surface area (Å²) in [5.74, 6) is 1.53. The summed E-state index contributed by atoms with van der Waals surface area (Å²) in [7, 11) is 1.97. The zero-order valence-electron chi connectivity index (χ0n) is 11.0. The number of hydrogen-bond donors (Lipinski definition) is 1. The first kappa shape index (κ1) is 13.5. The molecule has 0 saturated heterocycles. The van der Waals surface area contributed by atoms with Crippen LogP contribution in [-0.2, 0) is 9.47 Å². The van der Waals surface area contributed by atoms with Gasteiger partial charge in [0.1, 0.15) is 5.76 Å². The molecule has 0 radical (unpaired) electrons. The van der Waals surface area contributed by atoms with E-state index in [4.69, 9.17) is 9.47 Å². The van der Waals surface area contributed by atoms with Crippen LogP contribution in [0.2, 0.25) is 0 Å². The number of rotatable bonds is 6. The highest BCUT2D eigenvalue weighted by Gasteiger charge is 2.28. The molecular weight excluding hydrogens is 202 g/mol. The van der Waals surface area contributed by atoms with E-state index in [2.05, 4.69) is 25.2 Å². The normalized spacial score (nSPS) is 20.2. The van der Waals surface area contributed by atoms with E-state index < -0.39 is 0 Å². The van der Waals surface area contributed by atoms with Crippen molar-refractivity contribution in [2.24, 2.45) is 5.92 Å². The van der Waals surface area contributed by atoms with Crippen LogP contribution in [0.15, 0.2) is 11.8 Å². The Morgan fingerprint density at radius 1 is 1.50 bits per heavy atom. The minimum atomic E-state index is 0.180. The van der Waals surface area contributed by atoms with Gasteiger partial charge in [-0.25, -0.2) is 0 Å². The van der Waals surface area contributed by atoms with Crippen LogP contribution in [0.1, 0.15) is 33.6 Å². The van der Waals surface area contributed by atoms with Gasteiger partial charge in [0.15, 0.2) is 0 Å². The highest BCUT2D eigenvalue weighted by Crippen LogP contribution is 2.21. The van der Waals surface area contributed by atoms with Gasteiger partial charge in [-0.15, -0.1) is 0 Å². The molecule has 1 aliphatic rings. The maximum Gasteiger partial charge on any atom is 0.112 e. The van der Waals surface area contributed by atoms with Crippen LogP contribution in [0.5, 0.6) is 0 Å². The fourth-order valence-corrected chi connectivity index (χ4v) is 2.13. The smallest absolute Gasteiger partial charge is 0.112 e. The summed E-state index contributed by atoms with van der Waals surface area (Å²) in [6.45, 7) is 8.00. The number of nitrogens with one attached hydrogen (secondary N) is 1. The van der Waals surface area contributed by atoms with Crippen LogP contribution >= 0.6 is 0 Å². The molecule has 0 aromatic carbocycles. The largest absolute Gasteiger partial charge is 0.496 e. The van der Waals surface area contributed by atoms with Crippen molar-refractivity contribution < 1.29 is 9.47 Å². The van der Waals surface area contributed by atoms with Crippen LogP contribution < -0.4 is 5.32 Å². The lowest BCUT2D eigenvalue weighted by molar-refractivity contribution is -0.00282. The second-order valence-corrected chi connectivity index (χ2v) is 4.53. The minimum absolute atomic E-state index is 0.180. The van der Waals surface area contributed by atoms with Gasteiger partial charge >= 0.3 is 0 Å². The van der Waals surface area contributed by atoms with Crippen molar-refractivity contribution in [2.75, 3.05) is 20.3 Å². The van der Waals surface area contributed by atoms with Gasteiger partial charge in [0, 0.05) is 6.61 Å². The van der Waals surface area contributed by atoms with E-state index in [0.29, 0.717) is 5.92 Å². The van der Waals surface area contributed by atoms with E-state index in [1.54, 1.807) is 0 Å². The lowest BCUT2D eigenvalue weighted by atomic mass is 9.96. The van der Waals surface area contributed by atoms with Crippen molar-refractivity contribution in [3.8, 4) is 0 Å². The average Bonchev–Trinajstić information content (AvgIpc) is 2.30. The minimum Gasteiger partial charge on any atom is -0.496 e. The van der Waals surface area contributed by atoms with Crippen LogP contribution in [-0.4, -0.2) is 32.4 Å². The number of hydrogen-bond acceptors (Lipinski definition) is 3. The van der Waals surface area contributed by atoms with Gasteiger partial charge in [0.25, 0.3) is 0 Å². The van der Waals surface area contributed by atoms with Gasteiger partial charge in [-0.1, -0.05) is 13.8 Å². The van der Waals surface area contributed by atoms with Crippen molar-refractivity contribution in [3.63, 3.8) is 0 Å². The Kier molecular flexibility index (Phi) is 5.85. The standard InChI is InChI=1S/C13H25NO2/c1-5-15-13(10(2)3)12(14-4)11-8-6-7-9-16-11/h8,10,12-14H,5-7,9H2,1-4H3. The van der Waals surface area contributed by atoms with Crippen LogP contribution in [0.25, 0.3) is 0 Å². The van der Waals surface area contributed by atoms with Crippen molar-refractivity contribution in [3.05, 3.63) is 11.8 Å². The molecule has 0 amide bonds. The lowest BCUT2D eigenvalue weighted by Gasteiger charge is -2.32. The summed E-state index contributed by atoms with van der Waals surface area (Å²) < 4.78 is 11.6. The fourth-order valence-electron chi connectivity index (χ4n) is 2.13. The average molecular weight is 227 g/mol. The van der Waals surface area contributed by atoms with E-state index in [1.165, 1.54) is 0 Å². The first-order valence-corrected chi connectivity index (χ1v) is 6.32. The monoisotopic (exact) mass is 227 g/mol. The molecule has 3 nitrogen and oxygen atoms in total. The van der Waals surface area contributed by atoms with Crippen LogP contribution in [0.3, 0.4) is 0 Å². The third-order valence-electron chi connectivity index (χ3n) is 2.92. The first-order chi connectivity index (χ1) is 7.70. The quantitative estimate of drug-likeness (QED) is 0.755. The van der Waals surface area contributed by atoms with Crippen molar-refractivity contribution in [1.29, 1.82) is 0 Å². The zero-order chi connectivity index (χ0) is 12.0. The molecule has 94 valence electrons. The molecule has 1 heterocycles. The van der Waals surface area contributed by atoms with Crippen molar-refractivity contribution >= 4 is 0 Å². The van der Waals surface area contributed by atoms with E-state index in [0.717, 1.165) is 31.8 Å². The summed E-state index contributed by atoms with van der Waals surface area (Å²) in [6, 6.07) is 0.181. The van der Waals surface area contributed by atoms with Crippen LogP contribution in [0.4, 0.5) is 0 Å². The summed E-state index contributed by atoms with van der Waals surface area (Å²) in [5, 5.41) is 3.32. The van der Waals surface area contributed by atoms with E-state index >= 15 is 0 Å². The van der Waals surface area contributed by atoms with E-state index in [-0.39, 0.29) is 12.1 Å². The molecule has 0 aliphatic carbocycles. The molecule has 0 fully saturated rings. The molecule has 2 unspecified atom stereocenters. The Labute approximate surface area is 99.2 Å². The SMILES string of the molecule is CCOC(C(C)C)C(NC)C1=CCCCO1. The molecular formula is C13H25NO2. The maximum absolute atomic E-state index is 5.83. The third-order valence-corrected chi connectivity index (χ3v) is 2.92. The maximum atomic E-state index is 5.83. The zero-order valence-corrected chi connectivity index (χ0v) is 11.0. The molecule has 0 spiro atoms. The second-order valence-electron chi connectivity index (χ2n) is 4.53. The molecule has 1 N–H and O–H groups in total. The third kappa shape index (κ3) is 3.49. The summed E-state index contributed by atoms with van der Waals surface area (Å²) in [4.78, 5) is 0. The molecule has 0 aromatic rings. The Morgan fingerprint density at radius 2 is 2.25 bits per heavy atom. The molecule has 0 saturated carbocycles. The Balaban J connectivity index is 2.72. The van der Waals surface area contributed by atoms with Crippen LogP contribution in [0, 0.1) is 5.92 Å². The Bertz CT molecular complexity index is 226. The number of likely N-dealkylation sites (N-methyl/N-ethyl adjacent to an activating group) is 1. The molecule has 2 atom stereocenters. The van der Waals surface area contributed by atoms with Gasteiger partial charge in [0.2, 0.25) is 0 Å². The van der Waals surface area contributed by atoms with E-state index in [9.17, 15) is 0 Å². The summed E-state index contributed by atoms with van der Waals surface area (Å²) in [5.41, 5.74) is 0. The predicted molar refractivity (Wildman–Crippen MR) is 66.4 cm³/mol. The van der Waals surface area contributed by atoms with Gasteiger partial charge in [0.05, 0.1) is 18.8 Å². The molecule has 16 heavy (non-hydrogen) atoms. The van der Waals surface area contributed by atoms with Gasteiger partial charge < -0.3 is 14.8 Å². The molecule has 0 bridgehead atoms. The van der Waals surface area contributed by atoms with Crippen molar-refractivity contribution in [1.82, 2.24) is 5.32 Å². The highest BCUT2D eigenvalue weighted by molar-refractivity contribution is 5.08. The molecule has 1 rings (SSSR count). The summed E-state index contributed by atoms with van der Waals surface area (Å²) >= 11 is 0. The second kappa shape index (κ2) is 6.92. The Morgan fingerprint density at radius 3 is 2.69 bits per heavy atom. The summed E-state index contributed by atoms with van der Waals surface area (Å²) in [6.07, 6.45) is 4.61. The van der Waals surface area contributed by atoms with Gasteiger partial charge in [-0.05, 0) is 38.8 Å². The predicted octanol–water partition coefficient (Wildman–Crippen LogP) is 2.33. The Hall–Kier alpha value is -0.540. The molecule has 1 aliphatic heterocycles. The highest BCUT2D eigenvalue weighted by atomic mass is 16.5. The molecule has 0 aromatic heterocycles. The van der Waals surface area contributed by atoms with Gasteiger partial charge in [-0.3, -0.25) is 0 Å². The number of allylic oxidation sites excluding steroid dienone is 1. The lowest BCUT2D eigenvalue weighted by Crippen LogP contribution is -2.45. The topological polar surface area (TPSA) is 30.5 Å². The number of ether oxygens (including phenoxy) is 2. The fraction of sp³-hybridized carbons (Fsp3) is 0.846. The van der Waals surface area contributed by atoms with E-state index in [1.807, 2.05) is 14.0 Å². The van der Waals surface area contributed by atoms with Gasteiger partial charge in [-0.2, -0.15) is 0 Å². The van der Waals surface area contributed by atoms with Crippen molar-refractivity contribution in [2.45, 2.75) is 45.8 Å². The first-order valence-electron chi connectivity index (χ1n) is 6.32.